The lowest BCUT2D eigenvalue weighted by molar-refractivity contribution is -0.112. The normalized spacial score (nSPS) is 15.6. The van der Waals surface area contributed by atoms with Gasteiger partial charge in [-0.3, -0.25) is 4.79 Å². The van der Waals surface area contributed by atoms with Gasteiger partial charge < -0.3 is 15.0 Å². The molecule has 0 amide bonds. The molecular formula is C18H12BrN3O2. The second-order valence-corrected chi connectivity index (χ2v) is 6.17. The Bertz CT molecular complexity index is 987. The van der Waals surface area contributed by atoms with Gasteiger partial charge >= 0.3 is 0 Å². The number of carbonyl (C=O) groups is 1. The van der Waals surface area contributed by atoms with Crippen LogP contribution >= 0.6 is 15.9 Å². The highest BCUT2D eigenvalue weighted by atomic mass is 79.9. The summed E-state index contributed by atoms with van der Waals surface area (Å²) < 4.78 is 6.63. The van der Waals surface area contributed by atoms with Gasteiger partial charge in [0.1, 0.15) is 5.65 Å². The standard InChI is InChI=1S/C18H12BrN3O2/c19-12-3-5-13(6-4-12)22-17-9-15(23)16(24-17)8-11-10-21-18-14(11)2-1-7-20-18/h1-10,22H,(H,20,21). The molecule has 4 rings (SSSR count). The zero-order valence-electron chi connectivity index (χ0n) is 12.4. The van der Waals surface area contributed by atoms with Crippen molar-refractivity contribution < 1.29 is 9.53 Å². The molecule has 0 saturated carbocycles. The van der Waals surface area contributed by atoms with Crippen molar-refractivity contribution in [3.8, 4) is 0 Å². The summed E-state index contributed by atoms with van der Waals surface area (Å²) in [7, 11) is 0. The smallest absolute Gasteiger partial charge is 0.226 e. The molecule has 2 aromatic heterocycles. The fourth-order valence-corrected chi connectivity index (χ4v) is 2.73. The fraction of sp³-hybridized carbons (Fsp3) is 0. The van der Waals surface area contributed by atoms with Crippen LogP contribution in [-0.2, 0) is 9.53 Å². The van der Waals surface area contributed by atoms with Gasteiger partial charge in [0, 0.05) is 33.5 Å². The number of hydrogen-bond acceptors (Lipinski definition) is 4. The molecule has 0 unspecified atom stereocenters. The van der Waals surface area contributed by atoms with Gasteiger partial charge in [-0.25, -0.2) is 4.98 Å². The number of carbonyl (C=O) groups excluding carboxylic acids is 1. The highest BCUT2D eigenvalue weighted by Crippen LogP contribution is 2.25. The summed E-state index contributed by atoms with van der Waals surface area (Å²) in [6.07, 6.45) is 6.69. The number of halogens is 1. The molecule has 0 fully saturated rings. The first-order valence-corrected chi connectivity index (χ1v) is 8.08. The fourth-order valence-electron chi connectivity index (χ4n) is 2.46. The summed E-state index contributed by atoms with van der Waals surface area (Å²) in [4.78, 5) is 19.5. The average Bonchev–Trinajstić information content (AvgIpc) is 3.14. The van der Waals surface area contributed by atoms with Crippen LogP contribution in [0.5, 0.6) is 0 Å². The molecule has 1 aliphatic heterocycles. The van der Waals surface area contributed by atoms with E-state index in [0.29, 0.717) is 5.88 Å². The second kappa shape index (κ2) is 5.98. The molecule has 118 valence electrons. The highest BCUT2D eigenvalue weighted by molar-refractivity contribution is 9.10. The van der Waals surface area contributed by atoms with Gasteiger partial charge in [-0.05, 0) is 42.5 Å². The number of aromatic nitrogens is 2. The number of allylic oxidation sites excluding steroid dienone is 1. The van der Waals surface area contributed by atoms with E-state index < -0.39 is 0 Å². The van der Waals surface area contributed by atoms with Crippen LogP contribution in [0.25, 0.3) is 17.1 Å². The number of ether oxygens (including phenoxy) is 1. The van der Waals surface area contributed by atoms with E-state index in [1.807, 2.05) is 36.4 Å². The van der Waals surface area contributed by atoms with Crippen LogP contribution < -0.4 is 5.32 Å². The van der Waals surface area contributed by atoms with Gasteiger partial charge in [0.25, 0.3) is 0 Å². The zero-order chi connectivity index (χ0) is 16.5. The third-order valence-corrected chi connectivity index (χ3v) is 4.14. The predicted molar refractivity (Wildman–Crippen MR) is 96.0 cm³/mol. The lowest BCUT2D eigenvalue weighted by Gasteiger charge is -2.07. The maximum absolute atomic E-state index is 12.1. The number of rotatable bonds is 3. The van der Waals surface area contributed by atoms with Crippen LogP contribution in [0.15, 0.2) is 71.0 Å². The van der Waals surface area contributed by atoms with Gasteiger partial charge in [0.05, 0.1) is 6.08 Å². The van der Waals surface area contributed by atoms with E-state index in [-0.39, 0.29) is 11.5 Å². The number of fused-ring (bicyclic) bond motifs is 1. The van der Waals surface area contributed by atoms with Gasteiger partial charge in [-0.15, -0.1) is 0 Å². The van der Waals surface area contributed by atoms with Crippen molar-refractivity contribution in [1.29, 1.82) is 0 Å². The maximum Gasteiger partial charge on any atom is 0.226 e. The SMILES string of the molecule is O=C1C=C(Nc2ccc(Br)cc2)OC1=Cc1c[nH]c2ncccc12. The summed E-state index contributed by atoms with van der Waals surface area (Å²) in [5.41, 5.74) is 2.48. The number of benzene rings is 1. The minimum Gasteiger partial charge on any atom is -0.437 e. The maximum atomic E-state index is 12.1. The topological polar surface area (TPSA) is 67.0 Å². The van der Waals surface area contributed by atoms with Crippen LogP contribution in [0.2, 0.25) is 0 Å². The molecule has 3 heterocycles. The Balaban J connectivity index is 1.56. The number of aromatic amines is 1. The number of nitrogens with one attached hydrogen (secondary N) is 2. The largest absolute Gasteiger partial charge is 0.437 e. The Morgan fingerprint density at radius 1 is 1.21 bits per heavy atom. The monoisotopic (exact) mass is 381 g/mol. The first-order chi connectivity index (χ1) is 11.7. The van der Waals surface area contributed by atoms with Crippen molar-refractivity contribution in [2.24, 2.45) is 0 Å². The first-order valence-electron chi connectivity index (χ1n) is 7.29. The van der Waals surface area contributed by atoms with Gasteiger partial charge in [0.15, 0.2) is 5.76 Å². The Morgan fingerprint density at radius 2 is 2.04 bits per heavy atom. The third-order valence-electron chi connectivity index (χ3n) is 3.61. The van der Waals surface area contributed by atoms with E-state index >= 15 is 0 Å². The molecule has 2 N–H and O–H groups in total. The Morgan fingerprint density at radius 3 is 2.88 bits per heavy atom. The van der Waals surface area contributed by atoms with Crippen molar-refractivity contribution in [3.63, 3.8) is 0 Å². The molecule has 0 saturated heterocycles. The summed E-state index contributed by atoms with van der Waals surface area (Å²) in [6, 6.07) is 11.4. The highest BCUT2D eigenvalue weighted by Gasteiger charge is 2.21. The molecule has 24 heavy (non-hydrogen) atoms. The molecule has 6 heteroatoms. The van der Waals surface area contributed by atoms with Crippen LogP contribution in [0.4, 0.5) is 5.69 Å². The summed E-state index contributed by atoms with van der Waals surface area (Å²) in [5.74, 6) is 0.513. The van der Waals surface area contributed by atoms with Crippen molar-refractivity contribution in [2.75, 3.05) is 5.32 Å². The van der Waals surface area contributed by atoms with E-state index in [9.17, 15) is 4.79 Å². The minimum absolute atomic E-state index is 0.173. The van der Waals surface area contributed by atoms with Crippen LogP contribution in [0, 0.1) is 0 Å². The molecule has 0 radical (unpaired) electrons. The van der Waals surface area contributed by atoms with E-state index in [2.05, 4.69) is 31.2 Å². The van der Waals surface area contributed by atoms with Gasteiger partial charge in [-0.1, -0.05) is 15.9 Å². The van der Waals surface area contributed by atoms with Crippen molar-refractivity contribution >= 4 is 44.5 Å². The molecule has 1 aromatic carbocycles. The lowest BCUT2D eigenvalue weighted by Crippen LogP contribution is -1.99. The van der Waals surface area contributed by atoms with Crippen LogP contribution in [0.3, 0.4) is 0 Å². The quantitative estimate of drug-likeness (QED) is 0.666. The number of H-pyrrole nitrogens is 1. The summed E-state index contributed by atoms with van der Waals surface area (Å²) in [6.45, 7) is 0. The molecule has 0 bridgehead atoms. The van der Waals surface area contributed by atoms with E-state index in [4.69, 9.17) is 4.74 Å². The molecule has 5 nitrogen and oxygen atoms in total. The number of hydrogen-bond donors (Lipinski definition) is 2. The molecule has 1 aliphatic rings. The van der Waals surface area contributed by atoms with Gasteiger partial charge in [-0.2, -0.15) is 0 Å². The third kappa shape index (κ3) is 2.83. The summed E-state index contributed by atoms with van der Waals surface area (Å²) >= 11 is 3.39. The number of ketones is 1. The van der Waals surface area contributed by atoms with Gasteiger partial charge in [0.2, 0.25) is 11.7 Å². The van der Waals surface area contributed by atoms with Crippen molar-refractivity contribution in [2.45, 2.75) is 0 Å². The molecule has 0 spiro atoms. The Labute approximate surface area is 146 Å². The van der Waals surface area contributed by atoms with E-state index in [1.165, 1.54) is 6.08 Å². The average molecular weight is 382 g/mol. The number of anilines is 1. The van der Waals surface area contributed by atoms with Crippen molar-refractivity contribution in [1.82, 2.24) is 9.97 Å². The lowest BCUT2D eigenvalue weighted by atomic mass is 10.2. The molecular weight excluding hydrogens is 370 g/mol. The Hall–Kier alpha value is -2.86. The molecule has 0 atom stereocenters. The number of pyridine rings is 1. The minimum atomic E-state index is -0.173. The van der Waals surface area contributed by atoms with Crippen LogP contribution in [-0.4, -0.2) is 15.8 Å². The second-order valence-electron chi connectivity index (χ2n) is 5.26. The first kappa shape index (κ1) is 14.7. The van der Waals surface area contributed by atoms with Crippen LogP contribution in [0.1, 0.15) is 5.56 Å². The van der Waals surface area contributed by atoms with Crippen molar-refractivity contribution in [3.05, 3.63) is 76.5 Å². The van der Waals surface area contributed by atoms with E-state index in [1.54, 1.807) is 18.5 Å². The number of nitrogens with zero attached hydrogens (tertiary/aromatic N) is 1. The molecule has 3 aromatic rings. The molecule has 0 aliphatic carbocycles. The van der Waals surface area contributed by atoms with E-state index in [0.717, 1.165) is 26.8 Å². The zero-order valence-corrected chi connectivity index (χ0v) is 14.0. The Kier molecular flexibility index (Phi) is 3.66. The predicted octanol–water partition coefficient (Wildman–Crippen LogP) is 4.22. The summed E-state index contributed by atoms with van der Waals surface area (Å²) in [5, 5.41) is 4.02.